The van der Waals surface area contributed by atoms with Crippen LogP contribution in [0.4, 0.5) is 14.5 Å². The zero-order chi connectivity index (χ0) is 25.3. The van der Waals surface area contributed by atoms with Crippen molar-refractivity contribution in [1.29, 1.82) is 0 Å². The molecule has 10 heteroatoms. The number of halogens is 2. The van der Waals surface area contributed by atoms with Crippen molar-refractivity contribution in [3.8, 4) is 0 Å². The summed E-state index contributed by atoms with van der Waals surface area (Å²) in [6, 6.07) is 11.2. The molecular weight excluding hydrogens is 458 g/mol. The molecular formula is C25H22F2N4O4. The van der Waals surface area contributed by atoms with Crippen LogP contribution in [-0.4, -0.2) is 31.3 Å². The van der Waals surface area contributed by atoms with Crippen LogP contribution in [0.1, 0.15) is 29.4 Å². The second-order valence-electron chi connectivity index (χ2n) is 8.16. The molecule has 180 valence electrons. The molecule has 0 saturated carbocycles. The normalized spacial score (nSPS) is 11.1. The standard InChI is InChI=1S/C25H22F2N4O4/c1-14-19(25-21(28-15(2)32)4-3-5-22(25)30(14)13-24(34)35)11-18-8-9-23(33)31(29-18)12-16-6-7-17(26)10-20(16)27/h3-10H,11-13H2,1-2H3,(H,28,32)(H,34,35). The van der Waals surface area contributed by atoms with Crippen LogP contribution in [-0.2, 0) is 29.1 Å². The Bertz CT molecular complexity index is 1520. The summed E-state index contributed by atoms with van der Waals surface area (Å²) in [5.41, 5.74) is 2.69. The molecule has 0 spiro atoms. The lowest BCUT2D eigenvalue weighted by atomic mass is 10.0. The summed E-state index contributed by atoms with van der Waals surface area (Å²) in [5, 5.41) is 17.2. The number of fused-ring (bicyclic) bond motifs is 1. The molecule has 2 aromatic heterocycles. The van der Waals surface area contributed by atoms with Crippen LogP contribution in [0, 0.1) is 18.6 Å². The molecule has 8 nitrogen and oxygen atoms in total. The lowest BCUT2D eigenvalue weighted by Gasteiger charge is -2.10. The predicted octanol–water partition coefficient (Wildman–Crippen LogP) is 3.47. The first kappa shape index (κ1) is 23.8. The fourth-order valence-corrected chi connectivity index (χ4v) is 4.15. The second kappa shape index (κ2) is 9.49. The van der Waals surface area contributed by atoms with Crippen molar-refractivity contribution in [3.63, 3.8) is 0 Å². The molecule has 0 radical (unpaired) electrons. The summed E-state index contributed by atoms with van der Waals surface area (Å²) in [7, 11) is 0. The van der Waals surface area contributed by atoms with Crippen molar-refractivity contribution < 1.29 is 23.5 Å². The van der Waals surface area contributed by atoms with E-state index in [1.807, 2.05) is 0 Å². The number of carbonyl (C=O) groups excluding carboxylic acids is 1. The van der Waals surface area contributed by atoms with Crippen molar-refractivity contribution in [2.45, 2.75) is 33.4 Å². The van der Waals surface area contributed by atoms with Gasteiger partial charge in [0.1, 0.15) is 18.2 Å². The number of carboxylic acid groups (broad SMARTS) is 1. The maximum Gasteiger partial charge on any atom is 0.323 e. The number of aromatic nitrogens is 3. The molecule has 2 heterocycles. The first-order valence-electron chi connectivity index (χ1n) is 10.7. The van der Waals surface area contributed by atoms with Crippen LogP contribution in [0.25, 0.3) is 10.9 Å². The van der Waals surface area contributed by atoms with Gasteiger partial charge in [-0.1, -0.05) is 12.1 Å². The molecule has 35 heavy (non-hydrogen) atoms. The Hall–Kier alpha value is -4.34. The van der Waals surface area contributed by atoms with Gasteiger partial charge >= 0.3 is 5.97 Å². The third-order valence-corrected chi connectivity index (χ3v) is 5.70. The van der Waals surface area contributed by atoms with Gasteiger partial charge < -0.3 is 15.0 Å². The third kappa shape index (κ3) is 4.96. The number of nitrogens with one attached hydrogen (secondary N) is 1. The van der Waals surface area contributed by atoms with E-state index in [9.17, 15) is 28.3 Å². The van der Waals surface area contributed by atoms with Crippen LogP contribution in [0.5, 0.6) is 0 Å². The Morgan fingerprint density at radius 2 is 1.89 bits per heavy atom. The average Bonchev–Trinajstić information content (AvgIpc) is 3.03. The zero-order valence-electron chi connectivity index (χ0n) is 19.0. The quantitative estimate of drug-likeness (QED) is 0.421. The average molecular weight is 480 g/mol. The number of hydrogen-bond donors (Lipinski definition) is 2. The molecule has 0 saturated heterocycles. The monoisotopic (exact) mass is 480 g/mol. The number of nitrogens with zero attached hydrogens (tertiary/aromatic N) is 3. The van der Waals surface area contributed by atoms with Crippen molar-refractivity contribution in [3.05, 3.63) is 93.0 Å². The number of rotatable bonds is 7. The van der Waals surface area contributed by atoms with Crippen molar-refractivity contribution >= 4 is 28.5 Å². The molecule has 0 aliphatic carbocycles. The highest BCUT2D eigenvalue weighted by Gasteiger charge is 2.20. The number of benzene rings is 2. The Balaban J connectivity index is 1.79. The van der Waals surface area contributed by atoms with Crippen LogP contribution >= 0.6 is 0 Å². The smallest absolute Gasteiger partial charge is 0.323 e. The number of aliphatic carboxylic acids is 1. The Labute approximate surface area is 198 Å². The molecule has 0 fully saturated rings. The molecule has 0 atom stereocenters. The van der Waals surface area contributed by atoms with Gasteiger partial charge in [-0.3, -0.25) is 14.4 Å². The molecule has 4 rings (SSSR count). The Kier molecular flexibility index (Phi) is 6.46. The minimum Gasteiger partial charge on any atom is -0.480 e. The van der Waals surface area contributed by atoms with E-state index in [0.717, 1.165) is 22.4 Å². The van der Waals surface area contributed by atoms with Crippen LogP contribution in [0.15, 0.2) is 53.3 Å². The largest absolute Gasteiger partial charge is 0.480 e. The summed E-state index contributed by atoms with van der Waals surface area (Å²) in [4.78, 5) is 35.7. The first-order valence-corrected chi connectivity index (χ1v) is 10.7. The maximum atomic E-state index is 14.1. The van der Waals surface area contributed by atoms with Crippen LogP contribution < -0.4 is 10.9 Å². The van der Waals surface area contributed by atoms with Gasteiger partial charge in [0, 0.05) is 42.1 Å². The molecule has 1 amide bonds. The SMILES string of the molecule is CC(=O)Nc1cccc2c1c(Cc1ccc(=O)n(Cc3ccc(F)cc3F)n1)c(C)n2CC(=O)O. The van der Waals surface area contributed by atoms with Crippen molar-refractivity contribution in [2.75, 3.05) is 5.32 Å². The van der Waals surface area contributed by atoms with Gasteiger partial charge in [0.15, 0.2) is 0 Å². The fourth-order valence-electron chi connectivity index (χ4n) is 4.15. The van der Waals surface area contributed by atoms with E-state index in [0.29, 0.717) is 28.0 Å². The predicted molar refractivity (Wildman–Crippen MR) is 125 cm³/mol. The number of carbonyl (C=O) groups is 2. The number of anilines is 1. The Morgan fingerprint density at radius 1 is 1.11 bits per heavy atom. The summed E-state index contributed by atoms with van der Waals surface area (Å²) in [5.74, 6) is -2.80. The number of hydrogen-bond acceptors (Lipinski definition) is 4. The fraction of sp³-hybridized carbons (Fsp3) is 0.200. The van der Waals surface area contributed by atoms with Gasteiger partial charge in [-0.05, 0) is 36.8 Å². The topological polar surface area (TPSA) is 106 Å². The van der Waals surface area contributed by atoms with E-state index >= 15 is 0 Å². The van der Waals surface area contributed by atoms with E-state index in [1.54, 1.807) is 35.8 Å². The summed E-state index contributed by atoms with van der Waals surface area (Å²) >= 11 is 0. The molecule has 2 N–H and O–H groups in total. The molecule has 2 aromatic carbocycles. The van der Waals surface area contributed by atoms with Gasteiger partial charge in [-0.15, -0.1) is 0 Å². The minimum absolute atomic E-state index is 0.111. The van der Waals surface area contributed by atoms with E-state index in [2.05, 4.69) is 10.4 Å². The lowest BCUT2D eigenvalue weighted by molar-refractivity contribution is -0.137. The third-order valence-electron chi connectivity index (χ3n) is 5.70. The van der Waals surface area contributed by atoms with E-state index in [4.69, 9.17) is 0 Å². The van der Waals surface area contributed by atoms with Crippen molar-refractivity contribution in [2.24, 2.45) is 0 Å². The van der Waals surface area contributed by atoms with E-state index in [1.165, 1.54) is 19.1 Å². The lowest BCUT2D eigenvalue weighted by Crippen LogP contribution is -2.24. The number of carboxylic acids is 1. The highest BCUT2D eigenvalue weighted by atomic mass is 19.1. The minimum atomic E-state index is -1.02. The van der Waals surface area contributed by atoms with Gasteiger partial charge in [0.25, 0.3) is 5.56 Å². The second-order valence-corrected chi connectivity index (χ2v) is 8.16. The van der Waals surface area contributed by atoms with Crippen LogP contribution in [0.2, 0.25) is 0 Å². The highest BCUT2D eigenvalue weighted by Crippen LogP contribution is 2.33. The molecule has 0 aliphatic heterocycles. The van der Waals surface area contributed by atoms with Gasteiger partial charge in [0.05, 0.1) is 23.4 Å². The molecule has 0 unspecified atom stereocenters. The van der Waals surface area contributed by atoms with Crippen LogP contribution in [0.3, 0.4) is 0 Å². The summed E-state index contributed by atoms with van der Waals surface area (Å²) in [6.45, 7) is 2.70. The molecule has 0 bridgehead atoms. The maximum absolute atomic E-state index is 14.1. The van der Waals surface area contributed by atoms with Crippen molar-refractivity contribution in [1.82, 2.24) is 14.3 Å². The molecule has 0 aliphatic rings. The van der Waals surface area contributed by atoms with Gasteiger partial charge in [0.2, 0.25) is 5.91 Å². The highest BCUT2D eigenvalue weighted by molar-refractivity contribution is 6.03. The van der Waals surface area contributed by atoms with Gasteiger partial charge in [-0.2, -0.15) is 5.10 Å². The zero-order valence-corrected chi connectivity index (χ0v) is 19.0. The van der Waals surface area contributed by atoms with E-state index < -0.39 is 23.2 Å². The first-order chi connectivity index (χ1) is 16.6. The van der Waals surface area contributed by atoms with Gasteiger partial charge in [-0.25, -0.2) is 13.5 Å². The Morgan fingerprint density at radius 3 is 2.57 bits per heavy atom. The summed E-state index contributed by atoms with van der Waals surface area (Å²) < 4.78 is 30.1. The summed E-state index contributed by atoms with van der Waals surface area (Å²) in [6.07, 6.45) is 0.220. The molecule has 4 aromatic rings. The number of amides is 1. The van der Waals surface area contributed by atoms with E-state index in [-0.39, 0.29) is 31.0 Å².